The van der Waals surface area contributed by atoms with Gasteiger partial charge in [0.05, 0.1) is 6.33 Å². The lowest BCUT2D eigenvalue weighted by molar-refractivity contribution is 0.137. The van der Waals surface area contributed by atoms with Crippen LogP contribution in [0, 0.1) is 0 Å². The van der Waals surface area contributed by atoms with Gasteiger partial charge in [0.15, 0.2) is 0 Å². The molecule has 0 radical (unpaired) electrons. The molecule has 2 heterocycles. The molecule has 6 heteroatoms. The average Bonchev–Trinajstić information content (AvgIpc) is 2.96. The summed E-state index contributed by atoms with van der Waals surface area (Å²) < 4.78 is 2.07. The Balaban J connectivity index is 1.67. The molecule has 0 aromatic carbocycles. The summed E-state index contributed by atoms with van der Waals surface area (Å²) in [4.78, 5) is 20.0. The predicted octanol–water partition coefficient (Wildman–Crippen LogP) is 0.396. The molecule has 2 rings (SSSR count). The Morgan fingerprint density at radius 2 is 2.11 bits per heavy atom. The fourth-order valence-corrected chi connectivity index (χ4v) is 2.12. The zero-order valence-electron chi connectivity index (χ0n) is 11.2. The van der Waals surface area contributed by atoms with Crippen LogP contribution in [0.2, 0.25) is 0 Å². The fourth-order valence-electron chi connectivity index (χ4n) is 2.12. The van der Waals surface area contributed by atoms with Crippen molar-refractivity contribution in [2.75, 3.05) is 39.3 Å². The third-order valence-corrected chi connectivity index (χ3v) is 3.29. The second-order valence-electron chi connectivity index (χ2n) is 4.60. The van der Waals surface area contributed by atoms with Crippen molar-refractivity contribution in [1.82, 2.24) is 24.7 Å². The first-order chi connectivity index (χ1) is 9.29. The number of piperazine rings is 1. The number of aromatic nitrogens is 2. The van der Waals surface area contributed by atoms with E-state index in [0.29, 0.717) is 6.54 Å². The highest BCUT2D eigenvalue weighted by Crippen LogP contribution is 2.02. The molecule has 1 saturated heterocycles. The van der Waals surface area contributed by atoms with Crippen LogP contribution in [-0.4, -0.2) is 64.7 Å². The lowest BCUT2D eigenvalue weighted by Gasteiger charge is -2.34. The summed E-state index contributed by atoms with van der Waals surface area (Å²) >= 11 is 0. The Hall–Kier alpha value is -1.82. The van der Waals surface area contributed by atoms with Gasteiger partial charge in [0.2, 0.25) is 0 Å². The van der Waals surface area contributed by atoms with E-state index in [1.807, 2.05) is 17.4 Å². The van der Waals surface area contributed by atoms with Crippen LogP contribution < -0.4 is 5.32 Å². The van der Waals surface area contributed by atoms with Crippen LogP contribution in [0.15, 0.2) is 31.4 Å². The number of imidazole rings is 1. The van der Waals surface area contributed by atoms with Crippen LogP contribution in [0.4, 0.5) is 4.79 Å². The van der Waals surface area contributed by atoms with E-state index in [0.717, 1.165) is 39.3 Å². The van der Waals surface area contributed by atoms with Crippen molar-refractivity contribution in [3.63, 3.8) is 0 Å². The highest BCUT2D eigenvalue weighted by atomic mass is 16.2. The summed E-state index contributed by atoms with van der Waals surface area (Å²) in [5.41, 5.74) is 0. The van der Waals surface area contributed by atoms with Crippen molar-refractivity contribution in [2.45, 2.75) is 6.54 Å². The lowest BCUT2D eigenvalue weighted by atomic mass is 10.3. The van der Waals surface area contributed by atoms with Crippen LogP contribution in [0.1, 0.15) is 0 Å². The molecular formula is C13H21N5O. The normalized spacial score (nSPS) is 16.3. The van der Waals surface area contributed by atoms with Gasteiger partial charge in [0, 0.05) is 58.2 Å². The summed E-state index contributed by atoms with van der Waals surface area (Å²) in [5.74, 6) is 0. The molecule has 1 aromatic rings. The number of nitrogens with one attached hydrogen (secondary N) is 1. The molecule has 6 nitrogen and oxygen atoms in total. The molecule has 0 saturated carbocycles. The average molecular weight is 263 g/mol. The Labute approximate surface area is 113 Å². The monoisotopic (exact) mass is 263 g/mol. The molecule has 0 atom stereocenters. The predicted molar refractivity (Wildman–Crippen MR) is 73.8 cm³/mol. The summed E-state index contributed by atoms with van der Waals surface area (Å²) in [6, 6.07) is 0.00848. The molecule has 1 aliphatic heterocycles. The second kappa shape index (κ2) is 6.94. The Morgan fingerprint density at radius 3 is 2.74 bits per heavy atom. The zero-order valence-corrected chi connectivity index (χ0v) is 11.2. The third kappa shape index (κ3) is 4.10. The first kappa shape index (κ1) is 13.6. The molecular weight excluding hydrogens is 242 g/mol. The Morgan fingerprint density at radius 1 is 1.32 bits per heavy atom. The number of amides is 2. The number of rotatable bonds is 5. The van der Waals surface area contributed by atoms with Gasteiger partial charge in [-0.2, -0.15) is 0 Å². The van der Waals surface area contributed by atoms with Gasteiger partial charge in [0.1, 0.15) is 0 Å². The van der Waals surface area contributed by atoms with Crippen molar-refractivity contribution >= 4 is 6.03 Å². The van der Waals surface area contributed by atoms with E-state index in [9.17, 15) is 4.79 Å². The molecule has 1 aliphatic rings. The van der Waals surface area contributed by atoms with Crippen LogP contribution >= 0.6 is 0 Å². The molecule has 104 valence electrons. The van der Waals surface area contributed by atoms with E-state index in [1.165, 1.54) is 0 Å². The van der Waals surface area contributed by atoms with Gasteiger partial charge in [0.25, 0.3) is 0 Å². The second-order valence-corrected chi connectivity index (χ2v) is 4.60. The third-order valence-electron chi connectivity index (χ3n) is 3.29. The van der Waals surface area contributed by atoms with Crippen LogP contribution in [0.5, 0.6) is 0 Å². The number of hydrogen-bond acceptors (Lipinski definition) is 3. The summed E-state index contributed by atoms with van der Waals surface area (Å²) in [6.45, 7) is 9.49. The first-order valence-corrected chi connectivity index (χ1v) is 6.61. The van der Waals surface area contributed by atoms with Gasteiger partial charge in [-0.15, -0.1) is 6.58 Å². The van der Waals surface area contributed by atoms with Gasteiger partial charge < -0.3 is 14.8 Å². The molecule has 0 aliphatic carbocycles. The van der Waals surface area contributed by atoms with E-state index in [-0.39, 0.29) is 6.03 Å². The van der Waals surface area contributed by atoms with Gasteiger partial charge in [-0.25, -0.2) is 9.78 Å². The van der Waals surface area contributed by atoms with Crippen molar-refractivity contribution < 1.29 is 4.79 Å². The maximum atomic E-state index is 11.7. The number of nitrogens with zero attached hydrogens (tertiary/aromatic N) is 4. The molecule has 2 amide bonds. The number of carbonyl (C=O) groups is 1. The maximum absolute atomic E-state index is 11.7. The van der Waals surface area contributed by atoms with Crippen molar-refractivity contribution in [1.29, 1.82) is 0 Å². The zero-order chi connectivity index (χ0) is 13.5. The molecule has 0 spiro atoms. The maximum Gasteiger partial charge on any atom is 0.317 e. The lowest BCUT2D eigenvalue weighted by Crippen LogP contribution is -2.52. The number of hydrogen-bond donors (Lipinski definition) is 1. The van der Waals surface area contributed by atoms with Gasteiger partial charge in [-0.1, -0.05) is 6.08 Å². The summed E-state index contributed by atoms with van der Waals surface area (Å²) in [6.07, 6.45) is 7.29. The topological polar surface area (TPSA) is 53.4 Å². The van der Waals surface area contributed by atoms with Crippen molar-refractivity contribution in [3.8, 4) is 0 Å². The molecule has 1 fully saturated rings. The van der Waals surface area contributed by atoms with E-state index in [2.05, 4.69) is 26.3 Å². The molecule has 0 unspecified atom stereocenters. The molecule has 19 heavy (non-hydrogen) atoms. The van der Waals surface area contributed by atoms with Crippen LogP contribution in [0.3, 0.4) is 0 Å². The Kier molecular flexibility index (Phi) is 4.97. The van der Waals surface area contributed by atoms with E-state index in [1.54, 1.807) is 12.3 Å². The van der Waals surface area contributed by atoms with Gasteiger partial charge in [-0.05, 0) is 0 Å². The molecule has 1 N–H and O–H groups in total. The standard InChI is InChI=1S/C13H21N5O/c1-2-3-15-13(19)18-10-8-16(9-11-18)6-7-17-5-4-14-12-17/h2,4-5,12H,1,3,6-11H2,(H,15,19). The molecule has 0 bridgehead atoms. The van der Waals surface area contributed by atoms with Crippen LogP contribution in [-0.2, 0) is 6.54 Å². The molecule has 1 aromatic heterocycles. The minimum Gasteiger partial charge on any atom is -0.336 e. The first-order valence-electron chi connectivity index (χ1n) is 6.61. The highest BCUT2D eigenvalue weighted by Gasteiger charge is 2.20. The smallest absolute Gasteiger partial charge is 0.317 e. The minimum atomic E-state index is 0.00848. The van der Waals surface area contributed by atoms with Crippen molar-refractivity contribution in [2.24, 2.45) is 0 Å². The van der Waals surface area contributed by atoms with Crippen LogP contribution in [0.25, 0.3) is 0 Å². The quantitative estimate of drug-likeness (QED) is 0.782. The number of carbonyl (C=O) groups excluding carboxylic acids is 1. The minimum absolute atomic E-state index is 0.00848. The highest BCUT2D eigenvalue weighted by molar-refractivity contribution is 5.74. The summed E-state index contributed by atoms with van der Waals surface area (Å²) in [5, 5.41) is 2.81. The van der Waals surface area contributed by atoms with E-state index >= 15 is 0 Å². The Bertz CT molecular complexity index is 395. The van der Waals surface area contributed by atoms with E-state index in [4.69, 9.17) is 0 Å². The number of urea groups is 1. The van der Waals surface area contributed by atoms with Crippen molar-refractivity contribution in [3.05, 3.63) is 31.4 Å². The SMILES string of the molecule is C=CCNC(=O)N1CCN(CCn2ccnc2)CC1. The van der Waals surface area contributed by atoms with Gasteiger partial charge in [-0.3, -0.25) is 4.90 Å². The summed E-state index contributed by atoms with van der Waals surface area (Å²) in [7, 11) is 0. The van der Waals surface area contributed by atoms with E-state index < -0.39 is 0 Å². The fraction of sp³-hybridized carbons (Fsp3) is 0.538. The largest absolute Gasteiger partial charge is 0.336 e. The van der Waals surface area contributed by atoms with Gasteiger partial charge >= 0.3 is 6.03 Å².